The summed E-state index contributed by atoms with van der Waals surface area (Å²) in [5.74, 6) is -0.791. The SMILES string of the molecule is [C-]#[N+]c1c(-n2c3ccccc3c3cc4c5ccccc5n(-c5ccccc5)c4cc32)ccc(C#N)c1F. The number of benzene rings is 5. The van der Waals surface area contributed by atoms with Crippen LogP contribution in [0.5, 0.6) is 0 Å². The Bertz CT molecular complexity index is 2120. The van der Waals surface area contributed by atoms with Gasteiger partial charge in [0.15, 0.2) is 0 Å². The molecule has 37 heavy (non-hydrogen) atoms. The third-order valence-electron chi connectivity index (χ3n) is 7.05. The van der Waals surface area contributed by atoms with Crippen LogP contribution in [-0.4, -0.2) is 9.13 Å². The summed E-state index contributed by atoms with van der Waals surface area (Å²) in [4.78, 5) is 3.51. The molecule has 0 radical (unpaired) electrons. The van der Waals surface area contributed by atoms with E-state index < -0.39 is 5.82 Å². The zero-order valence-corrected chi connectivity index (χ0v) is 19.5. The Kier molecular flexibility index (Phi) is 4.42. The molecule has 0 aliphatic rings. The first-order valence-electron chi connectivity index (χ1n) is 11.8. The molecule has 2 heterocycles. The van der Waals surface area contributed by atoms with Gasteiger partial charge in [-0.2, -0.15) is 5.26 Å². The number of hydrogen-bond acceptors (Lipinski definition) is 1. The Morgan fingerprint density at radius 3 is 1.89 bits per heavy atom. The molecule has 0 saturated heterocycles. The summed E-state index contributed by atoms with van der Waals surface area (Å²) in [6.45, 7) is 7.72. The molecular weight excluding hydrogens is 459 g/mol. The van der Waals surface area contributed by atoms with Crippen molar-refractivity contribution in [3.8, 4) is 17.4 Å². The summed E-state index contributed by atoms with van der Waals surface area (Å²) in [6, 6.07) is 35.8. The Balaban J connectivity index is 1.69. The molecule has 0 aliphatic heterocycles. The van der Waals surface area contributed by atoms with Crippen LogP contribution in [0.1, 0.15) is 5.56 Å². The molecule has 0 atom stereocenters. The first-order valence-corrected chi connectivity index (χ1v) is 11.8. The van der Waals surface area contributed by atoms with E-state index in [0.29, 0.717) is 5.69 Å². The van der Waals surface area contributed by atoms with Crippen molar-refractivity contribution in [3.05, 3.63) is 126 Å². The molecule has 0 saturated carbocycles. The van der Waals surface area contributed by atoms with Gasteiger partial charge in [-0.25, -0.2) is 9.24 Å². The van der Waals surface area contributed by atoms with Gasteiger partial charge in [0.05, 0.1) is 39.9 Å². The molecule has 2 aromatic heterocycles. The van der Waals surface area contributed by atoms with E-state index in [1.807, 2.05) is 65.2 Å². The van der Waals surface area contributed by atoms with Crippen molar-refractivity contribution < 1.29 is 4.39 Å². The Morgan fingerprint density at radius 2 is 1.24 bits per heavy atom. The second-order valence-corrected chi connectivity index (χ2v) is 8.95. The van der Waals surface area contributed by atoms with Crippen LogP contribution in [0.3, 0.4) is 0 Å². The smallest absolute Gasteiger partial charge is 0.246 e. The minimum absolute atomic E-state index is 0.137. The van der Waals surface area contributed by atoms with Crippen LogP contribution in [0.2, 0.25) is 0 Å². The highest BCUT2D eigenvalue weighted by atomic mass is 19.1. The molecule has 7 aromatic rings. The van der Waals surface area contributed by atoms with Gasteiger partial charge in [-0.3, -0.25) is 0 Å². The molecule has 5 heteroatoms. The van der Waals surface area contributed by atoms with E-state index >= 15 is 4.39 Å². The number of nitriles is 1. The van der Waals surface area contributed by atoms with Crippen LogP contribution in [0.25, 0.3) is 59.8 Å². The molecule has 5 aromatic carbocycles. The maximum Gasteiger partial charge on any atom is 0.246 e. The second kappa shape index (κ2) is 7.81. The van der Waals surface area contributed by atoms with Gasteiger partial charge in [-0.1, -0.05) is 54.6 Å². The van der Waals surface area contributed by atoms with Crippen molar-refractivity contribution >= 4 is 49.3 Å². The molecule has 172 valence electrons. The monoisotopic (exact) mass is 476 g/mol. The normalized spacial score (nSPS) is 11.3. The number of rotatable bonds is 2. The van der Waals surface area contributed by atoms with Gasteiger partial charge in [0.1, 0.15) is 11.9 Å². The average molecular weight is 477 g/mol. The predicted octanol–water partition coefficient (Wildman–Crippen LogP) is 8.44. The van der Waals surface area contributed by atoms with Crippen LogP contribution in [0.15, 0.2) is 103 Å². The zero-order valence-electron chi connectivity index (χ0n) is 19.5. The van der Waals surface area contributed by atoms with Gasteiger partial charge < -0.3 is 9.13 Å². The topological polar surface area (TPSA) is 38.0 Å². The van der Waals surface area contributed by atoms with Crippen molar-refractivity contribution in [2.75, 3.05) is 0 Å². The van der Waals surface area contributed by atoms with Crippen LogP contribution in [0.4, 0.5) is 10.1 Å². The van der Waals surface area contributed by atoms with Gasteiger partial charge in [-0.15, -0.1) is 0 Å². The first kappa shape index (κ1) is 20.9. The fraction of sp³-hybridized carbons (Fsp3) is 0. The molecule has 0 bridgehead atoms. The van der Waals surface area contributed by atoms with Gasteiger partial charge in [-0.05, 0) is 48.5 Å². The first-order chi connectivity index (χ1) is 18.2. The minimum Gasteiger partial charge on any atom is -0.319 e. The maximum absolute atomic E-state index is 15.2. The molecule has 4 nitrogen and oxygen atoms in total. The van der Waals surface area contributed by atoms with Gasteiger partial charge in [0, 0.05) is 27.2 Å². The minimum atomic E-state index is -0.791. The lowest BCUT2D eigenvalue weighted by Gasteiger charge is -2.12. The van der Waals surface area contributed by atoms with E-state index in [1.165, 1.54) is 6.07 Å². The Morgan fingerprint density at radius 1 is 0.649 bits per heavy atom. The number of aromatic nitrogens is 2. The highest BCUT2D eigenvalue weighted by Gasteiger charge is 2.21. The lowest BCUT2D eigenvalue weighted by molar-refractivity contribution is 0.629. The highest BCUT2D eigenvalue weighted by Crippen LogP contribution is 2.41. The summed E-state index contributed by atoms with van der Waals surface area (Å²) in [6.07, 6.45) is 0. The molecule has 0 aliphatic carbocycles. The summed E-state index contributed by atoms with van der Waals surface area (Å²) >= 11 is 0. The molecule has 0 unspecified atom stereocenters. The van der Waals surface area contributed by atoms with Crippen molar-refractivity contribution in [3.63, 3.8) is 0 Å². The van der Waals surface area contributed by atoms with E-state index in [-0.39, 0.29) is 11.3 Å². The molecule has 0 fully saturated rings. The third kappa shape index (κ3) is 2.86. The average Bonchev–Trinajstić information content (AvgIpc) is 3.44. The predicted molar refractivity (Wildman–Crippen MR) is 146 cm³/mol. The number of fused-ring (bicyclic) bond motifs is 6. The molecule has 0 spiro atoms. The van der Waals surface area contributed by atoms with E-state index in [9.17, 15) is 5.26 Å². The fourth-order valence-corrected chi connectivity index (χ4v) is 5.47. The van der Waals surface area contributed by atoms with Crippen LogP contribution >= 0.6 is 0 Å². The molecular formula is C32H17FN4. The molecule has 0 N–H and O–H groups in total. The summed E-state index contributed by atoms with van der Waals surface area (Å²) < 4.78 is 19.3. The van der Waals surface area contributed by atoms with E-state index in [4.69, 9.17) is 6.57 Å². The maximum atomic E-state index is 15.2. The van der Waals surface area contributed by atoms with Crippen LogP contribution in [-0.2, 0) is 0 Å². The van der Waals surface area contributed by atoms with E-state index in [2.05, 4.69) is 45.8 Å². The van der Waals surface area contributed by atoms with Gasteiger partial charge >= 0.3 is 0 Å². The number of para-hydroxylation sites is 3. The quantitative estimate of drug-likeness (QED) is 0.231. The third-order valence-corrected chi connectivity index (χ3v) is 7.05. The van der Waals surface area contributed by atoms with Crippen molar-refractivity contribution in [1.29, 1.82) is 5.26 Å². The zero-order chi connectivity index (χ0) is 25.1. The van der Waals surface area contributed by atoms with Crippen LogP contribution in [0, 0.1) is 23.7 Å². The molecule has 7 rings (SSSR count). The Hall–Kier alpha value is -5.39. The molecule has 0 amide bonds. The van der Waals surface area contributed by atoms with Gasteiger partial charge in [0.2, 0.25) is 5.69 Å². The largest absolute Gasteiger partial charge is 0.319 e. The lowest BCUT2D eigenvalue weighted by atomic mass is 10.1. The van der Waals surface area contributed by atoms with Crippen molar-refractivity contribution in [2.45, 2.75) is 0 Å². The van der Waals surface area contributed by atoms with E-state index in [0.717, 1.165) is 49.3 Å². The summed E-state index contributed by atoms with van der Waals surface area (Å²) in [5.41, 5.74) is 5.01. The number of halogens is 1. The highest BCUT2D eigenvalue weighted by molar-refractivity contribution is 6.19. The van der Waals surface area contributed by atoms with E-state index in [1.54, 1.807) is 6.07 Å². The standard InChI is InChI=1S/C32H17FN4/c1-35-32-28(16-15-20(19-34)31(32)33)37-27-14-8-6-12-23(27)25-17-24-22-11-5-7-13-26(22)36(29(24)18-30(25)37)21-9-3-2-4-10-21/h2-18H. The second-order valence-electron chi connectivity index (χ2n) is 8.95. The summed E-state index contributed by atoms with van der Waals surface area (Å²) in [5, 5.41) is 13.6. The number of hydrogen-bond donors (Lipinski definition) is 0. The van der Waals surface area contributed by atoms with Crippen molar-refractivity contribution in [1.82, 2.24) is 9.13 Å². The fourth-order valence-electron chi connectivity index (χ4n) is 5.47. The lowest BCUT2D eigenvalue weighted by Crippen LogP contribution is -1.98. The summed E-state index contributed by atoms with van der Waals surface area (Å²) in [7, 11) is 0. The number of nitrogens with zero attached hydrogens (tertiary/aromatic N) is 4. The van der Waals surface area contributed by atoms with Crippen LogP contribution < -0.4 is 0 Å². The van der Waals surface area contributed by atoms with Crippen molar-refractivity contribution in [2.24, 2.45) is 0 Å². The Labute approximate surface area is 211 Å². The van der Waals surface area contributed by atoms with Gasteiger partial charge in [0.25, 0.3) is 0 Å².